The highest BCUT2D eigenvalue weighted by Crippen LogP contribution is 2.35. The Morgan fingerprint density at radius 3 is 2.53 bits per heavy atom. The Kier molecular flexibility index (Phi) is 4.87. The Morgan fingerprint density at radius 2 is 1.94 bits per heavy atom. The van der Waals surface area contributed by atoms with Crippen molar-refractivity contribution in [3.05, 3.63) is 0 Å². The zero-order valence-electron chi connectivity index (χ0n) is 11.6. The van der Waals surface area contributed by atoms with Crippen LogP contribution in [-0.4, -0.2) is 25.3 Å². The van der Waals surface area contributed by atoms with Crippen LogP contribution in [0.1, 0.15) is 64.7 Å². The van der Waals surface area contributed by atoms with Crippen LogP contribution in [0.2, 0.25) is 0 Å². The van der Waals surface area contributed by atoms with Crippen molar-refractivity contribution in [2.75, 3.05) is 13.7 Å². The van der Waals surface area contributed by atoms with Crippen LogP contribution in [0.15, 0.2) is 0 Å². The molecule has 2 aliphatic carbocycles. The van der Waals surface area contributed by atoms with Crippen molar-refractivity contribution < 1.29 is 4.74 Å². The molecule has 0 heterocycles. The molecular weight excluding hydrogens is 210 g/mol. The lowest BCUT2D eigenvalue weighted by Crippen LogP contribution is -2.50. The van der Waals surface area contributed by atoms with E-state index in [2.05, 4.69) is 12.2 Å². The maximum atomic E-state index is 5.68. The van der Waals surface area contributed by atoms with Crippen molar-refractivity contribution in [2.24, 2.45) is 5.92 Å². The quantitative estimate of drug-likeness (QED) is 0.741. The summed E-state index contributed by atoms with van der Waals surface area (Å²) < 4.78 is 5.68. The third-order valence-electron chi connectivity index (χ3n) is 5.08. The number of hydrogen-bond donors (Lipinski definition) is 1. The van der Waals surface area contributed by atoms with E-state index < -0.39 is 0 Å². The predicted octanol–water partition coefficient (Wildman–Crippen LogP) is 3.50. The first kappa shape index (κ1) is 13.4. The highest BCUT2D eigenvalue weighted by molar-refractivity contribution is 4.92. The molecule has 2 unspecified atom stereocenters. The average Bonchev–Trinajstić information content (AvgIpc) is 2.53. The second-order valence-corrected chi connectivity index (χ2v) is 6.10. The van der Waals surface area contributed by atoms with Gasteiger partial charge in [-0.05, 0) is 44.4 Å². The van der Waals surface area contributed by atoms with E-state index in [1.807, 2.05) is 7.11 Å². The van der Waals surface area contributed by atoms with Gasteiger partial charge in [0.1, 0.15) is 0 Å². The molecule has 0 aliphatic heterocycles. The summed E-state index contributed by atoms with van der Waals surface area (Å²) in [5.41, 5.74) is 0.191. The van der Waals surface area contributed by atoms with E-state index in [-0.39, 0.29) is 5.60 Å². The molecule has 2 fully saturated rings. The molecule has 2 atom stereocenters. The van der Waals surface area contributed by atoms with E-state index in [1.165, 1.54) is 57.8 Å². The van der Waals surface area contributed by atoms with Crippen LogP contribution in [0.4, 0.5) is 0 Å². The molecule has 2 saturated carbocycles. The van der Waals surface area contributed by atoms with Crippen molar-refractivity contribution in [2.45, 2.75) is 76.4 Å². The average molecular weight is 239 g/mol. The number of rotatable bonds is 5. The monoisotopic (exact) mass is 239 g/mol. The highest BCUT2D eigenvalue weighted by Gasteiger charge is 2.37. The number of hydrogen-bond acceptors (Lipinski definition) is 2. The highest BCUT2D eigenvalue weighted by atomic mass is 16.5. The first-order valence-electron chi connectivity index (χ1n) is 7.56. The van der Waals surface area contributed by atoms with Gasteiger partial charge >= 0.3 is 0 Å². The van der Waals surface area contributed by atoms with Crippen molar-refractivity contribution >= 4 is 0 Å². The van der Waals surface area contributed by atoms with Gasteiger partial charge in [-0.15, -0.1) is 0 Å². The molecule has 0 aromatic carbocycles. The maximum Gasteiger partial charge on any atom is 0.0802 e. The van der Waals surface area contributed by atoms with Crippen LogP contribution in [0.3, 0.4) is 0 Å². The van der Waals surface area contributed by atoms with Crippen molar-refractivity contribution in [1.29, 1.82) is 0 Å². The van der Waals surface area contributed by atoms with Crippen LogP contribution in [0.5, 0.6) is 0 Å². The molecule has 2 aliphatic rings. The smallest absolute Gasteiger partial charge is 0.0802 e. The number of ether oxygens (including phenoxy) is 1. The Bertz CT molecular complexity index is 219. The molecule has 0 radical (unpaired) electrons. The summed E-state index contributed by atoms with van der Waals surface area (Å²) in [6, 6.07) is 0.749. The molecule has 100 valence electrons. The number of nitrogens with one attached hydrogen (secondary N) is 1. The molecule has 0 spiro atoms. The van der Waals surface area contributed by atoms with Gasteiger partial charge in [0.25, 0.3) is 0 Å². The summed E-state index contributed by atoms with van der Waals surface area (Å²) in [6.45, 7) is 3.41. The molecule has 2 rings (SSSR count). The first-order chi connectivity index (χ1) is 8.28. The third-order valence-corrected chi connectivity index (χ3v) is 5.08. The van der Waals surface area contributed by atoms with Crippen molar-refractivity contribution in [3.63, 3.8) is 0 Å². The Balaban J connectivity index is 1.72. The first-order valence-corrected chi connectivity index (χ1v) is 7.56. The van der Waals surface area contributed by atoms with Gasteiger partial charge in [0, 0.05) is 19.7 Å². The fraction of sp³-hybridized carbons (Fsp3) is 1.00. The second kappa shape index (κ2) is 6.19. The SMILES string of the molecule is CCC1CCCC(NCC2(OC)CCC2)CC1. The minimum atomic E-state index is 0.191. The molecule has 17 heavy (non-hydrogen) atoms. The lowest BCUT2D eigenvalue weighted by atomic mass is 9.79. The fourth-order valence-corrected chi connectivity index (χ4v) is 3.35. The minimum absolute atomic E-state index is 0.191. The minimum Gasteiger partial charge on any atom is -0.377 e. The van der Waals surface area contributed by atoms with Gasteiger partial charge < -0.3 is 10.1 Å². The van der Waals surface area contributed by atoms with E-state index in [0.29, 0.717) is 0 Å². The van der Waals surface area contributed by atoms with Crippen LogP contribution in [-0.2, 0) is 4.74 Å². The summed E-state index contributed by atoms with van der Waals surface area (Å²) in [5.74, 6) is 0.988. The van der Waals surface area contributed by atoms with Crippen molar-refractivity contribution in [3.8, 4) is 0 Å². The van der Waals surface area contributed by atoms with Crippen LogP contribution in [0, 0.1) is 5.92 Å². The standard InChI is InChI=1S/C15H29NO/c1-3-13-6-4-7-14(9-8-13)16-12-15(17-2)10-5-11-15/h13-14,16H,3-12H2,1-2H3. The third kappa shape index (κ3) is 3.45. The zero-order chi connectivity index (χ0) is 12.1. The topological polar surface area (TPSA) is 21.3 Å². The van der Waals surface area contributed by atoms with Gasteiger partial charge in [0.15, 0.2) is 0 Å². The molecular formula is C15H29NO. The number of methoxy groups -OCH3 is 1. The van der Waals surface area contributed by atoms with E-state index in [4.69, 9.17) is 4.74 Å². The molecule has 0 bridgehead atoms. The Labute approximate surface area is 107 Å². The van der Waals surface area contributed by atoms with Crippen LogP contribution < -0.4 is 5.32 Å². The normalized spacial score (nSPS) is 32.8. The van der Waals surface area contributed by atoms with Gasteiger partial charge in [0.2, 0.25) is 0 Å². The molecule has 2 heteroatoms. The van der Waals surface area contributed by atoms with E-state index >= 15 is 0 Å². The summed E-state index contributed by atoms with van der Waals surface area (Å²) in [7, 11) is 1.88. The Hall–Kier alpha value is -0.0800. The lowest BCUT2D eigenvalue weighted by molar-refractivity contribution is -0.0710. The molecule has 0 aromatic rings. The zero-order valence-corrected chi connectivity index (χ0v) is 11.6. The van der Waals surface area contributed by atoms with Gasteiger partial charge in [-0.2, -0.15) is 0 Å². The van der Waals surface area contributed by atoms with Crippen LogP contribution in [0.25, 0.3) is 0 Å². The Morgan fingerprint density at radius 1 is 1.12 bits per heavy atom. The predicted molar refractivity (Wildman–Crippen MR) is 72.2 cm³/mol. The lowest BCUT2D eigenvalue weighted by Gasteiger charge is -2.41. The van der Waals surface area contributed by atoms with Crippen LogP contribution >= 0.6 is 0 Å². The molecule has 1 N–H and O–H groups in total. The van der Waals surface area contributed by atoms with Crippen molar-refractivity contribution in [1.82, 2.24) is 5.32 Å². The summed E-state index contributed by atoms with van der Waals surface area (Å²) in [6.07, 6.45) is 12.2. The second-order valence-electron chi connectivity index (χ2n) is 6.10. The van der Waals surface area contributed by atoms with Gasteiger partial charge in [-0.1, -0.05) is 26.2 Å². The van der Waals surface area contributed by atoms with E-state index in [1.54, 1.807) is 0 Å². The van der Waals surface area contributed by atoms with E-state index in [9.17, 15) is 0 Å². The summed E-state index contributed by atoms with van der Waals surface area (Å²) in [4.78, 5) is 0. The molecule has 0 aromatic heterocycles. The van der Waals surface area contributed by atoms with Gasteiger partial charge in [0.05, 0.1) is 5.60 Å². The van der Waals surface area contributed by atoms with Gasteiger partial charge in [-0.25, -0.2) is 0 Å². The maximum absolute atomic E-state index is 5.68. The van der Waals surface area contributed by atoms with Gasteiger partial charge in [-0.3, -0.25) is 0 Å². The largest absolute Gasteiger partial charge is 0.377 e. The fourth-order valence-electron chi connectivity index (χ4n) is 3.35. The molecule has 0 saturated heterocycles. The molecule has 0 amide bonds. The molecule has 2 nitrogen and oxygen atoms in total. The summed E-state index contributed by atoms with van der Waals surface area (Å²) >= 11 is 0. The summed E-state index contributed by atoms with van der Waals surface area (Å²) in [5, 5.41) is 3.77. The van der Waals surface area contributed by atoms with E-state index in [0.717, 1.165) is 18.5 Å².